The summed E-state index contributed by atoms with van der Waals surface area (Å²) >= 11 is 0. The molecule has 0 radical (unpaired) electrons. The van der Waals surface area contributed by atoms with E-state index in [1.54, 1.807) is 13.4 Å². The van der Waals surface area contributed by atoms with Crippen LogP contribution >= 0.6 is 0 Å². The minimum absolute atomic E-state index is 0.158. The fourth-order valence-corrected chi connectivity index (χ4v) is 6.29. The Hall–Kier alpha value is -3.24. The number of aliphatic hydroxyl groups excluding tert-OH is 1. The van der Waals surface area contributed by atoms with Gasteiger partial charge in [0.2, 0.25) is 0 Å². The van der Waals surface area contributed by atoms with Crippen molar-refractivity contribution in [2.45, 2.75) is 56.3 Å². The molecule has 0 saturated carbocycles. The molecule has 1 aromatic carbocycles. The highest BCUT2D eigenvalue weighted by Crippen LogP contribution is 2.42. The zero-order chi connectivity index (χ0) is 25.6. The van der Waals surface area contributed by atoms with Crippen LogP contribution in [0.4, 0.5) is 0 Å². The number of aliphatic hydroxyl groups is 1. The molecule has 5 rings (SSSR count). The summed E-state index contributed by atoms with van der Waals surface area (Å²) in [6.07, 6.45) is 5.19. The normalized spacial score (nSPS) is 26.3. The SMILES string of the molecule is Cn1c(=O)c2c(ncn2CC[N+]2(C)C3CCC2CC(OC(=O)C(CO)c2ccccc2)C3)n(C)c1=O. The first-order chi connectivity index (χ1) is 17.2. The Morgan fingerprint density at radius 1 is 1.14 bits per heavy atom. The largest absolute Gasteiger partial charge is 0.461 e. The molecular formula is C26H34N5O5+. The van der Waals surface area contributed by atoms with Crippen LogP contribution in [-0.2, 0) is 30.2 Å². The lowest BCUT2D eigenvalue weighted by Gasteiger charge is -2.47. The van der Waals surface area contributed by atoms with Crippen molar-refractivity contribution in [1.29, 1.82) is 0 Å². The summed E-state index contributed by atoms with van der Waals surface area (Å²) in [7, 11) is 5.37. The first-order valence-corrected chi connectivity index (χ1v) is 12.6. The van der Waals surface area contributed by atoms with Gasteiger partial charge in [0.1, 0.15) is 12.0 Å². The van der Waals surface area contributed by atoms with Crippen LogP contribution in [0.3, 0.4) is 0 Å². The number of rotatable bonds is 7. The second kappa shape index (κ2) is 9.33. The number of esters is 1. The van der Waals surface area contributed by atoms with Crippen molar-refractivity contribution >= 4 is 17.1 Å². The van der Waals surface area contributed by atoms with Crippen LogP contribution < -0.4 is 11.2 Å². The lowest BCUT2D eigenvalue weighted by molar-refractivity contribution is -0.949. The molecular weight excluding hydrogens is 462 g/mol. The third-order valence-electron chi connectivity index (χ3n) is 8.56. The van der Waals surface area contributed by atoms with E-state index in [4.69, 9.17) is 4.74 Å². The number of hydrogen-bond acceptors (Lipinski definition) is 6. The lowest BCUT2D eigenvalue weighted by Crippen LogP contribution is -2.60. The van der Waals surface area contributed by atoms with Gasteiger partial charge in [-0.15, -0.1) is 0 Å². The summed E-state index contributed by atoms with van der Waals surface area (Å²) in [5.41, 5.74) is 0.885. The van der Waals surface area contributed by atoms with Gasteiger partial charge in [-0.05, 0) is 5.56 Å². The van der Waals surface area contributed by atoms with Gasteiger partial charge >= 0.3 is 11.7 Å². The molecule has 0 aliphatic carbocycles. The standard InChI is InChI=1S/C26H34N5O5/c1-28-23-22(24(33)29(2)26(28)35)30(16-27-23)11-12-31(3)18-9-10-19(31)14-20(13-18)36-25(34)21(15-32)17-7-5-4-6-8-17/h4-8,16,18-21,32H,9-15H2,1-3H3/q+1. The van der Waals surface area contributed by atoms with Crippen molar-refractivity contribution < 1.29 is 19.1 Å². The minimum Gasteiger partial charge on any atom is -0.461 e. The zero-order valence-corrected chi connectivity index (χ0v) is 21.0. The number of quaternary nitrogens is 1. The van der Waals surface area contributed by atoms with Gasteiger partial charge in [0, 0.05) is 39.8 Å². The van der Waals surface area contributed by atoms with E-state index in [0.717, 1.165) is 46.8 Å². The number of aromatic nitrogens is 4. The van der Waals surface area contributed by atoms with Crippen LogP contribution in [0.2, 0.25) is 0 Å². The Morgan fingerprint density at radius 3 is 2.44 bits per heavy atom. The van der Waals surface area contributed by atoms with E-state index in [2.05, 4.69) is 12.0 Å². The van der Waals surface area contributed by atoms with E-state index in [1.807, 2.05) is 34.9 Å². The quantitative estimate of drug-likeness (QED) is 0.385. The molecule has 1 N–H and O–H groups in total. The zero-order valence-electron chi connectivity index (χ0n) is 21.0. The third kappa shape index (κ3) is 3.98. The fraction of sp³-hybridized carbons (Fsp3) is 0.538. The topological polar surface area (TPSA) is 108 Å². The monoisotopic (exact) mass is 496 g/mol. The van der Waals surface area contributed by atoms with Crippen molar-refractivity contribution in [3.8, 4) is 0 Å². The Balaban J connectivity index is 1.29. The van der Waals surface area contributed by atoms with Crippen LogP contribution in [0.5, 0.6) is 0 Å². The van der Waals surface area contributed by atoms with E-state index in [0.29, 0.717) is 29.8 Å². The number of piperidine rings is 1. The Kier molecular flexibility index (Phi) is 6.34. The second-order valence-electron chi connectivity index (χ2n) is 10.4. The van der Waals surface area contributed by atoms with E-state index in [9.17, 15) is 19.5 Å². The summed E-state index contributed by atoms with van der Waals surface area (Å²) in [5, 5.41) is 9.83. The summed E-state index contributed by atoms with van der Waals surface area (Å²) in [5.74, 6) is -1.03. The number of aryl methyl sites for hydroxylation is 1. The van der Waals surface area contributed by atoms with Gasteiger partial charge in [-0.3, -0.25) is 18.7 Å². The molecule has 36 heavy (non-hydrogen) atoms. The minimum atomic E-state index is -0.667. The van der Waals surface area contributed by atoms with Crippen molar-refractivity contribution in [3.63, 3.8) is 0 Å². The van der Waals surface area contributed by atoms with Crippen molar-refractivity contribution in [1.82, 2.24) is 18.7 Å². The predicted molar refractivity (Wildman–Crippen MR) is 133 cm³/mol. The number of likely N-dealkylation sites (N-methyl/N-ethyl adjacent to an activating group) is 1. The molecule has 10 nitrogen and oxygen atoms in total. The molecule has 2 fully saturated rings. The van der Waals surface area contributed by atoms with Crippen LogP contribution in [0.1, 0.15) is 37.2 Å². The van der Waals surface area contributed by atoms with E-state index >= 15 is 0 Å². The Labute approximate surface area is 208 Å². The third-order valence-corrected chi connectivity index (χ3v) is 8.56. The maximum absolute atomic E-state index is 12.9. The number of hydrogen-bond donors (Lipinski definition) is 1. The van der Waals surface area contributed by atoms with Gasteiger partial charge in [-0.25, -0.2) is 9.78 Å². The number of carbonyl (C=O) groups excluding carboxylic acids is 1. The van der Waals surface area contributed by atoms with E-state index < -0.39 is 5.92 Å². The molecule has 192 valence electrons. The highest BCUT2D eigenvalue weighted by Gasteiger charge is 2.52. The lowest BCUT2D eigenvalue weighted by atomic mass is 9.95. The number of benzene rings is 1. The van der Waals surface area contributed by atoms with Gasteiger partial charge in [-0.2, -0.15) is 0 Å². The molecule has 4 heterocycles. The molecule has 2 aliphatic heterocycles. The maximum Gasteiger partial charge on any atom is 0.332 e. The number of imidazole rings is 1. The molecule has 0 amide bonds. The van der Waals surface area contributed by atoms with Crippen molar-refractivity contribution in [3.05, 3.63) is 63.1 Å². The summed E-state index contributed by atoms with van der Waals surface area (Å²) in [6.45, 7) is 1.15. The number of ether oxygens (including phenoxy) is 1. The molecule has 3 atom stereocenters. The van der Waals surface area contributed by atoms with E-state index in [-0.39, 0.29) is 29.9 Å². The number of carbonyl (C=O) groups is 1. The smallest absolute Gasteiger partial charge is 0.332 e. The summed E-state index contributed by atoms with van der Waals surface area (Å²) in [4.78, 5) is 42.3. The molecule has 3 aromatic rings. The molecule has 2 bridgehead atoms. The predicted octanol–water partition coefficient (Wildman–Crippen LogP) is 0.893. The first-order valence-electron chi connectivity index (χ1n) is 12.6. The van der Waals surface area contributed by atoms with Crippen molar-refractivity contribution in [2.75, 3.05) is 20.2 Å². The Morgan fingerprint density at radius 2 is 1.81 bits per heavy atom. The maximum atomic E-state index is 12.9. The summed E-state index contributed by atoms with van der Waals surface area (Å²) in [6, 6.07) is 9.98. The molecule has 0 spiro atoms. The fourth-order valence-electron chi connectivity index (χ4n) is 6.29. The number of nitrogens with zero attached hydrogens (tertiary/aromatic N) is 5. The second-order valence-corrected chi connectivity index (χ2v) is 10.4. The number of fused-ring (bicyclic) bond motifs is 3. The molecule has 3 unspecified atom stereocenters. The molecule has 10 heteroatoms. The summed E-state index contributed by atoms with van der Waals surface area (Å²) < 4.78 is 11.2. The van der Waals surface area contributed by atoms with Crippen LogP contribution in [-0.4, -0.2) is 72.6 Å². The van der Waals surface area contributed by atoms with Gasteiger partial charge < -0.3 is 18.9 Å². The first kappa shape index (κ1) is 24.5. The van der Waals surface area contributed by atoms with Gasteiger partial charge in [0.05, 0.1) is 45.2 Å². The average Bonchev–Trinajstić information content (AvgIpc) is 3.34. The van der Waals surface area contributed by atoms with Crippen LogP contribution in [0.15, 0.2) is 46.2 Å². The van der Waals surface area contributed by atoms with E-state index in [1.165, 1.54) is 11.6 Å². The van der Waals surface area contributed by atoms with Crippen LogP contribution in [0.25, 0.3) is 11.2 Å². The van der Waals surface area contributed by atoms with Gasteiger partial charge in [0.25, 0.3) is 5.56 Å². The van der Waals surface area contributed by atoms with Crippen LogP contribution in [0, 0.1) is 0 Å². The highest BCUT2D eigenvalue weighted by molar-refractivity contribution is 5.78. The Bertz CT molecular complexity index is 1380. The van der Waals surface area contributed by atoms with Gasteiger partial charge in [0.15, 0.2) is 11.2 Å². The highest BCUT2D eigenvalue weighted by atomic mass is 16.5. The molecule has 2 aromatic heterocycles. The average molecular weight is 497 g/mol. The molecule has 2 aliphatic rings. The molecule has 2 saturated heterocycles. The van der Waals surface area contributed by atoms with Crippen molar-refractivity contribution in [2.24, 2.45) is 14.1 Å². The van der Waals surface area contributed by atoms with Gasteiger partial charge in [-0.1, -0.05) is 30.3 Å².